The van der Waals surface area contributed by atoms with Crippen molar-refractivity contribution in [1.82, 2.24) is 20.0 Å². The molecule has 5 nitrogen and oxygen atoms in total. The molecule has 0 radical (unpaired) electrons. The summed E-state index contributed by atoms with van der Waals surface area (Å²) in [5.74, 6) is 1.01. The van der Waals surface area contributed by atoms with E-state index in [0.717, 1.165) is 32.0 Å². The Morgan fingerprint density at radius 2 is 2.33 bits per heavy atom. The average molecular weight is 207 g/mol. The Labute approximate surface area is 89.8 Å². The summed E-state index contributed by atoms with van der Waals surface area (Å²) in [4.78, 5) is 6.51. The molecule has 1 N–H and O–H groups in total. The van der Waals surface area contributed by atoms with Gasteiger partial charge in [0.05, 0.1) is 12.7 Å². The number of aryl methyl sites for hydroxylation is 1. The van der Waals surface area contributed by atoms with Gasteiger partial charge in [0.15, 0.2) is 5.96 Å². The number of aliphatic imine (C=N–C) groups is 1. The Morgan fingerprint density at radius 1 is 1.47 bits per heavy atom. The maximum atomic E-state index is 4.36. The zero-order valence-electron chi connectivity index (χ0n) is 9.27. The molecule has 1 aliphatic heterocycles. The van der Waals surface area contributed by atoms with Crippen LogP contribution in [0.2, 0.25) is 0 Å². The highest BCUT2D eigenvalue weighted by atomic mass is 15.3. The number of nitrogens with zero attached hydrogens (tertiary/aromatic N) is 4. The number of nitrogens with one attached hydrogen (secondary N) is 1. The van der Waals surface area contributed by atoms with Crippen LogP contribution in [0.4, 0.5) is 0 Å². The van der Waals surface area contributed by atoms with Gasteiger partial charge in [-0.25, -0.2) is 0 Å². The molecule has 0 atom stereocenters. The Kier molecular flexibility index (Phi) is 2.89. The van der Waals surface area contributed by atoms with Crippen LogP contribution in [0.25, 0.3) is 0 Å². The summed E-state index contributed by atoms with van der Waals surface area (Å²) in [7, 11) is 3.99. The Bertz CT molecular complexity index is 354. The first kappa shape index (κ1) is 10.0. The first-order valence-corrected chi connectivity index (χ1v) is 5.22. The number of aromatic nitrogens is 2. The minimum atomic E-state index is 0.908. The summed E-state index contributed by atoms with van der Waals surface area (Å²) in [5.41, 5.74) is 1.26. The third-order valence-electron chi connectivity index (χ3n) is 2.51. The Hall–Kier alpha value is -1.52. The molecule has 1 aromatic rings. The molecule has 15 heavy (non-hydrogen) atoms. The summed E-state index contributed by atoms with van der Waals surface area (Å²) in [6.45, 7) is 2.84. The zero-order valence-corrected chi connectivity index (χ0v) is 9.27. The molecule has 0 aromatic carbocycles. The summed E-state index contributed by atoms with van der Waals surface area (Å²) in [6.07, 6.45) is 4.93. The van der Waals surface area contributed by atoms with Crippen LogP contribution in [0.5, 0.6) is 0 Å². The van der Waals surface area contributed by atoms with Crippen molar-refractivity contribution in [2.45, 2.75) is 6.42 Å². The molecule has 0 saturated carbocycles. The first-order chi connectivity index (χ1) is 7.25. The SMILES string of the molecule is CN1CCN=C1NCCc1cnn(C)c1. The third-order valence-corrected chi connectivity index (χ3v) is 2.51. The predicted molar refractivity (Wildman–Crippen MR) is 59.8 cm³/mol. The summed E-state index contributed by atoms with van der Waals surface area (Å²) in [6, 6.07) is 0. The highest BCUT2D eigenvalue weighted by Crippen LogP contribution is 1.98. The third kappa shape index (κ3) is 2.49. The highest BCUT2D eigenvalue weighted by Gasteiger charge is 2.10. The van der Waals surface area contributed by atoms with Gasteiger partial charge in [0.25, 0.3) is 0 Å². The van der Waals surface area contributed by atoms with Crippen molar-refractivity contribution in [3.8, 4) is 0 Å². The molecule has 82 valence electrons. The fourth-order valence-electron chi connectivity index (χ4n) is 1.64. The number of likely N-dealkylation sites (N-methyl/N-ethyl adjacent to an activating group) is 1. The van der Waals surface area contributed by atoms with E-state index in [1.165, 1.54) is 5.56 Å². The van der Waals surface area contributed by atoms with Crippen LogP contribution in [0.1, 0.15) is 5.56 Å². The maximum absolute atomic E-state index is 4.36. The molecule has 5 heteroatoms. The topological polar surface area (TPSA) is 45.4 Å². The van der Waals surface area contributed by atoms with Crippen molar-refractivity contribution in [3.63, 3.8) is 0 Å². The van der Waals surface area contributed by atoms with Gasteiger partial charge < -0.3 is 10.2 Å². The van der Waals surface area contributed by atoms with Crippen LogP contribution >= 0.6 is 0 Å². The van der Waals surface area contributed by atoms with E-state index in [1.54, 1.807) is 0 Å². The first-order valence-electron chi connectivity index (χ1n) is 5.22. The second-order valence-corrected chi connectivity index (χ2v) is 3.83. The standard InChI is InChI=1S/C10H17N5/c1-14-6-5-12-10(14)11-4-3-9-7-13-15(2)8-9/h7-8H,3-6H2,1-2H3,(H,11,12). The fourth-order valence-corrected chi connectivity index (χ4v) is 1.64. The molecular formula is C10H17N5. The van der Waals surface area contributed by atoms with E-state index >= 15 is 0 Å². The second kappa shape index (κ2) is 4.33. The lowest BCUT2D eigenvalue weighted by Crippen LogP contribution is -2.36. The maximum Gasteiger partial charge on any atom is 0.193 e. The van der Waals surface area contributed by atoms with Crippen molar-refractivity contribution in [2.24, 2.45) is 12.0 Å². The average Bonchev–Trinajstić information content (AvgIpc) is 2.77. The van der Waals surface area contributed by atoms with E-state index in [1.807, 2.05) is 24.1 Å². The monoisotopic (exact) mass is 207 g/mol. The van der Waals surface area contributed by atoms with Gasteiger partial charge in [-0.2, -0.15) is 5.10 Å². The lowest BCUT2D eigenvalue weighted by molar-refractivity contribution is 0.534. The van der Waals surface area contributed by atoms with E-state index in [4.69, 9.17) is 0 Å². The molecule has 2 rings (SSSR count). The van der Waals surface area contributed by atoms with E-state index in [0.29, 0.717) is 0 Å². The molecule has 1 aromatic heterocycles. The summed E-state index contributed by atoms with van der Waals surface area (Å²) < 4.78 is 1.83. The van der Waals surface area contributed by atoms with Crippen LogP contribution < -0.4 is 5.32 Å². The van der Waals surface area contributed by atoms with Crippen molar-refractivity contribution < 1.29 is 0 Å². The van der Waals surface area contributed by atoms with Gasteiger partial charge in [0.2, 0.25) is 0 Å². The number of guanidine groups is 1. The molecule has 0 aliphatic carbocycles. The van der Waals surface area contributed by atoms with Crippen molar-refractivity contribution in [3.05, 3.63) is 18.0 Å². The van der Waals surface area contributed by atoms with Gasteiger partial charge in [-0.15, -0.1) is 0 Å². The molecule has 0 fully saturated rings. The highest BCUT2D eigenvalue weighted by molar-refractivity contribution is 5.81. The fraction of sp³-hybridized carbons (Fsp3) is 0.600. The van der Waals surface area contributed by atoms with Gasteiger partial charge in [0, 0.05) is 33.4 Å². The molecule has 0 spiro atoms. The second-order valence-electron chi connectivity index (χ2n) is 3.83. The summed E-state index contributed by atoms with van der Waals surface area (Å²) >= 11 is 0. The smallest absolute Gasteiger partial charge is 0.193 e. The van der Waals surface area contributed by atoms with Crippen molar-refractivity contribution in [1.29, 1.82) is 0 Å². The van der Waals surface area contributed by atoms with E-state index in [9.17, 15) is 0 Å². The van der Waals surface area contributed by atoms with Crippen LogP contribution in [0.15, 0.2) is 17.4 Å². The lowest BCUT2D eigenvalue weighted by atomic mass is 10.2. The molecular weight excluding hydrogens is 190 g/mol. The van der Waals surface area contributed by atoms with Crippen LogP contribution in [0, 0.1) is 0 Å². The van der Waals surface area contributed by atoms with Gasteiger partial charge in [-0.3, -0.25) is 9.67 Å². The van der Waals surface area contributed by atoms with E-state index < -0.39 is 0 Å². The normalized spacial score (nSPS) is 15.6. The molecule has 1 aliphatic rings. The van der Waals surface area contributed by atoms with Crippen molar-refractivity contribution in [2.75, 3.05) is 26.7 Å². The van der Waals surface area contributed by atoms with Crippen LogP contribution in [0.3, 0.4) is 0 Å². The number of hydrogen-bond acceptors (Lipinski definition) is 4. The molecule has 0 saturated heterocycles. The van der Waals surface area contributed by atoms with E-state index in [2.05, 4.69) is 27.4 Å². The van der Waals surface area contributed by atoms with Crippen LogP contribution in [-0.2, 0) is 13.5 Å². The predicted octanol–water partition coefficient (Wildman–Crippen LogP) is -0.146. The Morgan fingerprint density at radius 3 is 2.93 bits per heavy atom. The summed E-state index contributed by atoms with van der Waals surface area (Å²) in [5, 5.41) is 7.46. The molecule has 0 amide bonds. The minimum absolute atomic E-state index is 0.908. The lowest BCUT2D eigenvalue weighted by Gasteiger charge is -2.14. The molecule has 0 unspecified atom stereocenters. The van der Waals surface area contributed by atoms with Crippen molar-refractivity contribution >= 4 is 5.96 Å². The van der Waals surface area contributed by atoms with Gasteiger partial charge in [0.1, 0.15) is 0 Å². The molecule has 2 heterocycles. The number of hydrogen-bond donors (Lipinski definition) is 1. The van der Waals surface area contributed by atoms with Crippen LogP contribution in [-0.4, -0.2) is 47.3 Å². The molecule has 0 bridgehead atoms. The quantitative estimate of drug-likeness (QED) is 0.750. The van der Waals surface area contributed by atoms with Gasteiger partial charge in [-0.1, -0.05) is 0 Å². The van der Waals surface area contributed by atoms with E-state index in [-0.39, 0.29) is 0 Å². The number of rotatable bonds is 3. The minimum Gasteiger partial charge on any atom is -0.356 e. The van der Waals surface area contributed by atoms with Gasteiger partial charge >= 0.3 is 0 Å². The Balaban J connectivity index is 1.75. The largest absolute Gasteiger partial charge is 0.356 e. The zero-order chi connectivity index (χ0) is 10.7. The van der Waals surface area contributed by atoms with Gasteiger partial charge in [-0.05, 0) is 12.0 Å².